The lowest BCUT2D eigenvalue weighted by Crippen LogP contribution is -2.21. The number of rotatable bonds is 9. The first-order chi connectivity index (χ1) is 18.6. The summed E-state index contributed by atoms with van der Waals surface area (Å²) in [5, 5.41) is 7.04. The number of hydrazone groups is 1. The highest BCUT2D eigenvalue weighted by molar-refractivity contribution is 7.89. The summed E-state index contributed by atoms with van der Waals surface area (Å²) >= 11 is 6.11. The molecule has 0 unspecified atom stereocenters. The van der Waals surface area contributed by atoms with E-state index in [9.17, 15) is 18.0 Å². The molecule has 39 heavy (non-hydrogen) atoms. The third-order valence-corrected chi connectivity index (χ3v) is 7.64. The highest BCUT2D eigenvalue weighted by Gasteiger charge is 2.18. The topological polar surface area (TPSA) is 118 Å². The predicted octanol–water partition coefficient (Wildman–Crippen LogP) is 5.68. The number of halogens is 1. The van der Waals surface area contributed by atoms with Gasteiger partial charge in [-0.25, -0.2) is 13.8 Å². The van der Waals surface area contributed by atoms with Crippen LogP contribution in [0.1, 0.15) is 48.7 Å². The number of nitrogens with one attached hydrogen (secondary N) is 2. The van der Waals surface area contributed by atoms with E-state index in [0.717, 1.165) is 16.7 Å². The lowest BCUT2D eigenvalue weighted by molar-refractivity contribution is 0.0956. The molecular weight excluding hydrogens is 538 g/mol. The van der Waals surface area contributed by atoms with Gasteiger partial charge in [-0.1, -0.05) is 41.9 Å². The first-order valence-corrected chi connectivity index (χ1v) is 14.1. The number of benzene rings is 3. The van der Waals surface area contributed by atoms with Gasteiger partial charge in [0.1, 0.15) is 11.5 Å². The maximum Gasteiger partial charge on any atom is 0.273 e. The maximum absolute atomic E-state index is 13.0. The van der Waals surface area contributed by atoms with Crippen molar-refractivity contribution >= 4 is 45.2 Å². The second kappa shape index (κ2) is 12.1. The summed E-state index contributed by atoms with van der Waals surface area (Å²) in [7, 11) is -3.52. The Labute approximate surface area is 231 Å². The SMILES string of the molecule is Cc1ccc(C=NNC(=O)c2cc(Cl)ccc2NC(=O)c2cccc(CS(=O)(=O)Cc3ccco3)c2)cc1C. The van der Waals surface area contributed by atoms with Crippen LogP contribution in [0.3, 0.4) is 0 Å². The summed E-state index contributed by atoms with van der Waals surface area (Å²) in [5.41, 5.74) is 6.55. The predicted molar refractivity (Wildman–Crippen MR) is 152 cm³/mol. The molecule has 0 saturated carbocycles. The van der Waals surface area contributed by atoms with Gasteiger partial charge in [-0.3, -0.25) is 9.59 Å². The highest BCUT2D eigenvalue weighted by atomic mass is 35.5. The number of nitrogens with zero attached hydrogens (tertiary/aromatic N) is 1. The third-order valence-electron chi connectivity index (χ3n) is 5.90. The molecule has 0 aliphatic heterocycles. The van der Waals surface area contributed by atoms with Crippen molar-refractivity contribution in [1.29, 1.82) is 0 Å². The van der Waals surface area contributed by atoms with E-state index in [1.54, 1.807) is 36.4 Å². The van der Waals surface area contributed by atoms with Crippen molar-refractivity contribution in [2.75, 3.05) is 5.32 Å². The van der Waals surface area contributed by atoms with Crippen molar-refractivity contribution < 1.29 is 22.4 Å². The van der Waals surface area contributed by atoms with Gasteiger partial charge in [0, 0.05) is 10.6 Å². The minimum absolute atomic E-state index is 0.116. The second-order valence-corrected chi connectivity index (χ2v) is 11.5. The Hall–Kier alpha value is -4.21. The molecule has 10 heteroatoms. The van der Waals surface area contributed by atoms with E-state index in [2.05, 4.69) is 15.8 Å². The summed E-state index contributed by atoms with van der Waals surface area (Å²) in [6.45, 7) is 4.00. The normalized spacial score (nSPS) is 11.5. The molecule has 0 fully saturated rings. The molecule has 0 aliphatic rings. The van der Waals surface area contributed by atoms with Gasteiger partial charge in [0.05, 0.1) is 29.5 Å². The van der Waals surface area contributed by atoms with Crippen LogP contribution in [0, 0.1) is 13.8 Å². The number of furan rings is 1. The zero-order chi connectivity index (χ0) is 28.0. The molecule has 0 atom stereocenters. The van der Waals surface area contributed by atoms with Crippen molar-refractivity contribution in [1.82, 2.24) is 5.43 Å². The average Bonchev–Trinajstić information content (AvgIpc) is 3.39. The van der Waals surface area contributed by atoms with Crippen LogP contribution in [-0.4, -0.2) is 26.4 Å². The molecule has 4 aromatic rings. The van der Waals surface area contributed by atoms with Gasteiger partial charge in [-0.05, 0) is 78.6 Å². The Bertz CT molecular complexity index is 1650. The number of amides is 2. The summed E-state index contributed by atoms with van der Waals surface area (Å²) in [6.07, 6.45) is 2.94. The van der Waals surface area contributed by atoms with Crippen LogP contribution in [0.15, 0.2) is 88.6 Å². The maximum atomic E-state index is 13.0. The van der Waals surface area contributed by atoms with Crippen LogP contribution >= 0.6 is 11.6 Å². The van der Waals surface area contributed by atoms with Crippen molar-refractivity contribution in [3.05, 3.63) is 123 Å². The molecule has 200 valence electrons. The van der Waals surface area contributed by atoms with Gasteiger partial charge in [0.25, 0.3) is 11.8 Å². The standard InChI is InChI=1S/C29H26ClN3O5S/c1-19-8-9-21(13-20(19)2)16-31-33-29(35)26-15-24(30)10-11-27(26)32-28(34)23-6-3-5-22(14-23)17-39(36,37)18-25-7-4-12-38-25/h3-16H,17-18H2,1-2H3,(H,32,34)(H,33,35). The van der Waals surface area contributed by atoms with E-state index in [-0.39, 0.29) is 28.3 Å². The van der Waals surface area contributed by atoms with Crippen molar-refractivity contribution in [3.8, 4) is 0 Å². The Morgan fingerprint density at radius 3 is 2.49 bits per heavy atom. The number of carbonyl (C=O) groups is 2. The van der Waals surface area contributed by atoms with E-state index in [1.807, 2.05) is 32.0 Å². The molecule has 1 heterocycles. The first kappa shape index (κ1) is 27.8. The quantitative estimate of drug-likeness (QED) is 0.201. The molecule has 3 aromatic carbocycles. The van der Waals surface area contributed by atoms with Crippen LogP contribution in [0.25, 0.3) is 0 Å². The van der Waals surface area contributed by atoms with Crippen molar-refractivity contribution in [2.45, 2.75) is 25.4 Å². The van der Waals surface area contributed by atoms with E-state index < -0.39 is 21.7 Å². The summed E-state index contributed by atoms with van der Waals surface area (Å²) < 4.78 is 30.3. The molecule has 4 rings (SSSR count). The summed E-state index contributed by atoms with van der Waals surface area (Å²) in [4.78, 5) is 25.9. The van der Waals surface area contributed by atoms with Crippen LogP contribution in [-0.2, 0) is 21.3 Å². The van der Waals surface area contributed by atoms with Gasteiger partial charge in [0.15, 0.2) is 9.84 Å². The van der Waals surface area contributed by atoms with Crippen molar-refractivity contribution in [2.24, 2.45) is 5.10 Å². The van der Waals surface area contributed by atoms with Gasteiger partial charge < -0.3 is 9.73 Å². The van der Waals surface area contributed by atoms with E-state index in [4.69, 9.17) is 16.0 Å². The summed E-state index contributed by atoms with van der Waals surface area (Å²) in [6, 6.07) is 19.8. The monoisotopic (exact) mass is 563 g/mol. The van der Waals surface area contributed by atoms with Crippen LogP contribution in [0.2, 0.25) is 5.02 Å². The lowest BCUT2D eigenvalue weighted by atomic mass is 10.1. The minimum atomic E-state index is -3.52. The highest BCUT2D eigenvalue weighted by Crippen LogP contribution is 2.22. The second-order valence-electron chi connectivity index (χ2n) is 9.00. The zero-order valence-corrected chi connectivity index (χ0v) is 22.8. The molecular formula is C29H26ClN3O5S. The molecule has 0 spiro atoms. The average molecular weight is 564 g/mol. The number of sulfone groups is 1. The Morgan fingerprint density at radius 1 is 0.923 bits per heavy atom. The number of hydrogen-bond donors (Lipinski definition) is 2. The van der Waals surface area contributed by atoms with Crippen LogP contribution < -0.4 is 10.7 Å². The number of hydrogen-bond acceptors (Lipinski definition) is 6. The minimum Gasteiger partial charge on any atom is -0.468 e. The van der Waals surface area contributed by atoms with E-state index in [1.165, 1.54) is 30.7 Å². The zero-order valence-electron chi connectivity index (χ0n) is 21.3. The number of aryl methyl sites for hydroxylation is 2. The van der Waals surface area contributed by atoms with Crippen molar-refractivity contribution in [3.63, 3.8) is 0 Å². The van der Waals surface area contributed by atoms with Gasteiger partial charge >= 0.3 is 0 Å². The molecule has 0 aliphatic carbocycles. The molecule has 8 nitrogen and oxygen atoms in total. The molecule has 2 amide bonds. The third kappa shape index (κ3) is 7.66. The Morgan fingerprint density at radius 2 is 1.74 bits per heavy atom. The largest absolute Gasteiger partial charge is 0.468 e. The lowest BCUT2D eigenvalue weighted by Gasteiger charge is -2.11. The van der Waals surface area contributed by atoms with Gasteiger partial charge in [-0.2, -0.15) is 5.10 Å². The molecule has 2 N–H and O–H groups in total. The molecule has 0 saturated heterocycles. The number of anilines is 1. The first-order valence-electron chi connectivity index (χ1n) is 11.9. The molecule has 1 aromatic heterocycles. The molecule has 0 radical (unpaired) electrons. The fourth-order valence-electron chi connectivity index (χ4n) is 3.80. The van der Waals surface area contributed by atoms with E-state index >= 15 is 0 Å². The van der Waals surface area contributed by atoms with Crippen LogP contribution in [0.4, 0.5) is 5.69 Å². The number of carbonyl (C=O) groups excluding carboxylic acids is 2. The fourth-order valence-corrected chi connectivity index (χ4v) is 5.36. The smallest absolute Gasteiger partial charge is 0.273 e. The fraction of sp³-hybridized carbons (Fsp3) is 0.138. The Balaban J connectivity index is 1.46. The molecule has 0 bridgehead atoms. The van der Waals surface area contributed by atoms with Crippen LogP contribution in [0.5, 0.6) is 0 Å². The van der Waals surface area contributed by atoms with Gasteiger partial charge in [-0.15, -0.1) is 0 Å². The summed E-state index contributed by atoms with van der Waals surface area (Å²) in [5.74, 6) is -1.25. The van der Waals surface area contributed by atoms with Gasteiger partial charge in [0.2, 0.25) is 0 Å². The Kier molecular flexibility index (Phi) is 8.63. The van der Waals surface area contributed by atoms with E-state index in [0.29, 0.717) is 16.3 Å².